The van der Waals surface area contributed by atoms with Crippen LogP contribution in [-0.2, 0) is 14.3 Å². The SMILES string of the molecule is CCCC(NC(=O)C(CC(=O)N1CCOCC1)CC(C)(C)CC(C)C)C(=O)c1nc2ccccc2o1. The van der Waals surface area contributed by atoms with Gasteiger partial charge in [-0.1, -0.05) is 53.2 Å². The van der Waals surface area contributed by atoms with Crippen molar-refractivity contribution in [2.75, 3.05) is 26.3 Å². The second-order valence-corrected chi connectivity index (χ2v) is 11.1. The van der Waals surface area contributed by atoms with Crippen molar-refractivity contribution in [1.29, 1.82) is 0 Å². The predicted octanol–water partition coefficient (Wildman–Crippen LogP) is 4.62. The summed E-state index contributed by atoms with van der Waals surface area (Å²) in [5, 5.41) is 2.96. The van der Waals surface area contributed by atoms with Crippen molar-refractivity contribution in [2.45, 2.75) is 72.8 Å². The van der Waals surface area contributed by atoms with Crippen molar-refractivity contribution >= 4 is 28.7 Å². The summed E-state index contributed by atoms with van der Waals surface area (Å²) in [7, 11) is 0. The maximum absolute atomic E-state index is 13.6. The molecule has 1 fully saturated rings. The van der Waals surface area contributed by atoms with Gasteiger partial charge in [-0.25, -0.2) is 4.98 Å². The normalized spacial score (nSPS) is 16.2. The molecule has 1 N–H and O–H groups in total. The Bertz CT molecular complexity index is 1010. The lowest BCUT2D eigenvalue weighted by Gasteiger charge is -2.33. The molecular weight excluding hydrogens is 458 g/mol. The Morgan fingerprint density at radius 2 is 1.81 bits per heavy atom. The number of morpholine rings is 1. The van der Waals surface area contributed by atoms with Gasteiger partial charge in [-0.05, 0) is 42.7 Å². The molecule has 8 heteroatoms. The van der Waals surface area contributed by atoms with Gasteiger partial charge in [-0.2, -0.15) is 0 Å². The van der Waals surface area contributed by atoms with Crippen LogP contribution in [0.15, 0.2) is 28.7 Å². The van der Waals surface area contributed by atoms with Crippen molar-refractivity contribution in [3.63, 3.8) is 0 Å². The average molecular weight is 500 g/mol. The molecule has 0 radical (unpaired) electrons. The number of nitrogens with zero attached hydrogens (tertiary/aromatic N) is 2. The number of amides is 2. The van der Waals surface area contributed by atoms with E-state index in [-0.39, 0.29) is 35.3 Å². The monoisotopic (exact) mass is 499 g/mol. The molecule has 1 aromatic heterocycles. The molecule has 0 bridgehead atoms. The molecule has 36 heavy (non-hydrogen) atoms. The van der Waals surface area contributed by atoms with Gasteiger partial charge in [-0.3, -0.25) is 14.4 Å². The predicted molar refractivity (Wildman–Crippen MR) is 139 cm³/mol. The van der Waals surface area contributed by atoms with Crippen LogP contribution in [0.5, 0.6) is 0 Å². The van der Waals surface area contributed by atoms with Gasteiger partial charge >= 0.3 is 0 Å². The van der Waals surface area contributed by atoms with E-state index in [1.807, 2.05) is 19.1 Å². The Morgan fingerprint density at radius 3 is 2.44 bits per heavy atom. The van der Waals surface area contributed by atoms with Crippen LogP contribution in [0.3, 0.4) is 0 Å². The third-order valence-electron chi connectivity index (χ3n) is 6.63. The zero-order valence-electron chi connectivity index (χ0n) is 22.3. The van der Waals surface area contributed by atoms with E-state index in [0.717, 1.165) is 6.42 Å². The summed E-state index contributed by atoms with van der Waals surface area (Å²) >= 11 is 0. The van der Waals surface area contributed by atoms with Crippen molar-refractivity contribution in [3.05, 3.63) is 30.2 Å². The summed E-state index contributed by atoms with van der Waals surface area (Å²) in [5.41, 5.74) is 1.00. The minimum Gasteiger partial charge on any atom is -0.434 e. The molecule has 1 aromatic carbocycles. The van der Waals surface area contributed by atoms with Crippen LogP contribution in [0.4, 0.5) is 0 Å². The number of ether oxygens (including phenoxy) is 1. The number of nitrogens with one attached hydrogen (secondary N) is 1. The molecule has 0 saturated carbocycles. The molecule has 8 nitrogen and oxygen atoms in total. The first-order valence-electron chi connectivity index (χ1n) is 13.2. The topological polar surface area (TPSA) is 102 Å². The van der Waals surface area contributed by atoms with Crippen molar-refractivity contribution < 1.29 is 23.5 Å². The summed E-state index contributed by atoms with van der Waals surface area (Å²) in [6, 6.07) is 6.44. The Morgan fingerprint density at radius 1 is 1.11 bits per heavy atom. The number of hydrogen-bond donors (Lipinski definition) is 1. The van der Waals surface area contributed by atoms with E-state index in [1.54, 1.807) is 17.0 Å². The van der Waals surface area contributed by atoms with E-state index in [1.165, 1.54) is 0 Å². The van der Waals surface area contributed by atoms with Crippen molar-refractivity contribution in [1.82, 2.24) is 15.2 Å². The summed E-state index contributed by atoms with van der Waals surface area (Å²) in [6.07, 6.45) is 2.77. The number of rotatable bonds is 12. The fourth-order valence-corrected chi connectivity index (χ4v) is 5.24. The van der Waals surface area contributed by atoms with Crippen molar-refractivity contribution in [2.24, 2.45) is 17.3 Å². The van der Waals surface area contributed by atoms with Crippen LogP contribution in [0.2, 0.25) is 0 Å². The number of benzene rings is 1. The molecule has 2 unspecified atom stereocenters. The first-order chi connectivity index (χ1) is 17.1. The zero-order chi connectivity index (χ0) is 26.3. The van der Waals surface area contributed by atoms with E-state index < -0.39 is 12.0 Å². The van der Waals surface area contributed by atoms with Crippen LogP contribution in [0.25, 0.3) is 11.1 Å². The van der Waals surface area contributed by atoms with Gasteiger partial charge in [0.2, 0.25) is 17.6 Å². The number of fused-ring (bicyclic) bond motifs is 1. The Kier molecular flexibility index (Phi) is 9.65. The quantitative estimate of drug-likeness (QED) is 0.428. The van der Waals surface area contributed by atoms with E-state index in [0.29, 0.717) is 62.6 Å². The van der Waals surface area contributed by atoms with E-state index >= 15 is 0 Å². The van der Waals surface area contributed by atoms with Gasteiger partial charge in [0.25, 0.3) is 5.89 Å². The Labute approximate surface area is 214 Å². The van der Waals surface area contributed by atoms with E-state index in [2.05, 4.69) is 38.0 Å². The minimum atomic E-state index is -0.759. The van der Waals surface area contributed by atoms with Crippen LogP contribution in [-0.4, -0.2) is 59.8 Å². The number of carbonyl (C=O) groups excluding carboxylic acids is 3. The number of carbonyl (C=O) groups is 3. The fourth-order valence-electron chi connectivity index (χ4n) is 5.24. The number of Topliss-reactive ketones (excluding diaryl/α,β-unsaturated/α-hetero) is 1. The third kappa shape index (κ3) is 7.63. The molecule has 3 rings (SSSR count). The van der Waals surface area contributed by atoms with Gasteiger partial charge in [-0.15, -0.1) is 0 Å². The number of aromatic nitrogens is 1. The molecule has 1 aliphatic rings. The lowest BCUT2D eigenvalue weighted by molar-refractivity contribution is -0.140. The Balaban J connectivity index is 1.78. The van der Waals surface area contributed by atoms with Crippen LogP contribution in [0, 0.1) is 17.3 Å². The highest BCUT2D eigenvalue weighted by Crippen LogP contribution is 2.34. The highest BCUT2D eigenvalue weighted by atomic mass is 16.5. The van der Waals surface area contributed by atoms with Crippen molar-refractivity contribution in [3.8, 4) is 0 Å². The molecular formula is C28H41N3O5. The zero-order valence-corrected chi connectivity index (χ0v) is 22.3. The number of para-hydroxylation sites is 2. The molecule has 198 valence electrons. The molecule has 2 heterocycles. The van der Waals surface area contributed by atoms with Crippen LogP contribution >= 0.6 is 0 Å². The largest absolute Gasteiger partial charge is 0.434 e. The summed E-state index contributed by atoms with van der Waals surface area (Å²) in [4.78, 5) is 46.1. The average Bonchev–Trinajstić information content (AvgIpc) is 3.26. The maximum atomic E-state index is 13.6. The highest BCUT2D eigenvalue weighted by molar-refractivity contribution is 6.00. The first kappa shape index (κ1) is 27.8. The molecule has 2 aromatic rings. The summed E-state index contributed by atoms with van der Waals surface area (Å²) in [6.45, 7) is 12.7. The molecule has 0 spiro atoms. The number of oxazole rings is 1. The number of hydrogen-bond acceptors (Lipinski definition) is 6. The number of ketones is 1. The standard InChI is InChI=1S/C28H41N3O5/c1-6-9-22(25(33)27-30-21-10-7-8-11-23(21)36-27)29-26(34)20(18-28(4,5)17-19(2)3)16-24(32)31-12-14-35-15-13-31/h7-8,10-11,19-20,22H,6,9,12-18H2,1-5H3,(H,29,34). The minimum absolute atomic E-state index is 0.00368. The van der Waals surface area contributed by atoms with Gasteiger partial charge < -0.3 is 19.4 Å². The molecule has 1 saturated heterocycles. The lowest BCUT2D eigenvalue weighted by Crippen LogP contribution is -2.47. The van der Waals surface area contributed by atoms with Gasteiger partial charge in [0.1, 0.15) is 5.52 Å². The second kappa shape index (κ2) is 12.5. The van der Waals surface area contributed by atoms with Gasteiger partial charge in [0.05, 0.1) is 19.3 Å². The first-order valence-corrected chi connectivity index (χ1v) is 13.2. The van der Waals surface area contributed by atoms with E-state index in [4.69, 9.17) is 9.15 Å². The van der Waals surface area contributed by atoms with Crippen LogP contribution in [0.1, 0.15) is 77.4 Å². The van der Waals surface area contributed by atoms with Gasteiger partial charge in [0, 0.05) is 25.4 Å². The Hall–Kier alpha value is -2.74. The second-order valence-electron chi connectivity index (χ2n) is 11.1. The molecule has 0 aliphatic carbocycles. The third-order valence-corrected chi connectivity index (χ3v) is 6.63. The highest BCUT2D eigenvalue weighted by Gasteiger charge is 2.34. The fraction of sp³-hybridized carbons (Fsp3) is 0.643. The van der Waals surface area contributed by atoms with Crippen LogP contribution < -0.4 is 5.32 Å². The summed E-state index contributed by atoms with van der Waals surface area (Å²) < 4.78 is 11.1. The molecule has 2 amide bonds. The van der Waals surface area contributed by atoms with E-state index in [9.17, 15) is 14.4 Å². The molecule has 2 atom stereocenters. The van der Waals surface area contributed by atoms with Gasteiger partial charge in [0.15, 0.2) is 5.58 Å². The molecule has 1 aliphatic heterocycles. The smallest absolute Gasteiger partial charge is 0.266 e. The lowest BCUT2D eigenvalue weighted by atomic mass is 9.75. The summed E-state index contributed by atoms with van der Waals surface area (Å²) in [5.74, 6) is -0.735. The maximum Gasteiger partial charge on any atom is 0.266 e.